The number of benzene rings is 1. The van der Waals surface area contributed by atoms with Crippen LogP contribution in [0.25, 0.3) is 21.6 Å². The number of carbonyl (C=O) groups excluding carboxylic acids is 4. The van der Waals surface area contributed by atoms with E-state index in [1.165, 1.54) is 22.3 Å². The topological polar surface area (TPSA) is 183 Å². The van der Waals surface area contributed by atoms with Crippen LogP contribution in [0.2, 0.25) is 5.02 Å². The smallest absolute Gasteiger partial charge is 0.259 e. The molecule has 288 valence electrons. The number of rotatable bonds is 14. The van der Waals surface area contributed by atoms with Gasteiger partial charge in [0.25, 0.3) is 11.8 Å². The van der Waals surface area contributed by atoms with Crippen LogP contribution in [0, 0.1) is 11.8 Å². The molecule has 2 saturated heterocycles. The number of pyridine rings is 1. The van der Waals surface area contributed by atoms with Crippen LogP contribution >= 0.6 is 22.9 Å². The molecule has 14 nitrogen and oxygen atoms in total. The summed E-state index contributed by atoms with van der Waals surface area (Å²) in [4.78, 5) is 64.0. The molecule has 7 rings (SSSR count). The molecular formula is C37H42ClN5O9S2. The van der Waals surface area contributed by atoms with Gasteiger partial charge < -0.3 is 24.4 Å². The summed E-state index contributed by atoms with van der Waals surface area (Å²) in [5, 5.41) is 5.45. The van der Waals surface area contributed by atoms with Crippen LogP contribution in [-0.2, 0) is 33.9 Å². The van der Waals surface area contributed by atoms with E-state index >= 15 is 0 Å². The molecule has 0 radical (unpaired) electrons. The molecule has 4 heterocycles. The van der Waals surface area contributed by atoms with E-state index in [1.54, 1.807) is 18.2 Å². The summed E-state index contributed by atoms with van der Waals surface area (Å²) in [6.45, 7) is 11.4. The maximum Gasteiger partial charge on any atom is 0.259 e. The third kappa shape index (κ3) is 6.97. The first-order valence-corrected chi connectivity index (χ1v) is 20.8. The third-order valence-electron chi connectivity index (χ3n) is 10.4. The van der Waals surface area contributed by atoms with E-state index in [-0.39, 0.29) is 54.6 Å². The lowest BCUT2D eigenvalue weighted by Crippen LogP contribution is -2.61. The second-order valence-corrected chi connectivity index (χ2v) is 18.1. The maximum atomic E-state index is 14.3. The minimum Gasteiger partial charge on any atom is -0.487 e. The molecule has 2 aliphatic carbocycles. The van der Waals surface area contributed by atoms with Crippen LogP contribution in [0.4, 0.5) is 0 Å². The zero-order valence-corrected chi connectivity index (χ0v) is 32.6. The first kappa shape index (κ1) is 38.2. The summed E-state index contributed by atoms with van der Waals surface area (Å²) in [7, 11) is -3.89. The Bertz CT molecular complexity index is 2140. The average molecular weight is 800 g/mol. The molecule has 3 aromatic rings. The predicted octanol–water partition coefficient (Wildman–Crippen LogP) is 4.15. The van der Waals surface area contributed by atoms with E-state index in [0.717, 1.165) is 5.69 Å². The van der Waals surface area contributed by atoms with Crippen molar-refractivity contribution >= 4 is 67.9 Å². The SMILES string of the molecule is C=C[C@@H]1C[C@]1(NC(=O)[C@@H]1C[C@@H](Oc2cc(-c3nc(C(C)C)cs3)nc3c(Cl)c(OCC=O)ccc23)[C@H]2COC(C(C)C)C(=O)N21)C(=O)NS(=O)(=O)C1CC1. The number of amides is 3. The van der Waals surface area contributed by atoms with Gasteiger partial charge in [-0.15, -0.1) is 17.9 Å². The van der Waals surface area contributed by atoms with Gasteiger partial charge in [-0.1, -0.05) is 45.4 Å². The van der Waals surface area contributed by atoms with E-state index in [2.05, 4.69) is 16.6 Å². The van der Waals surface area contributed by atoms with Gasteiger partial charge in [0.1, 0.15) is 57.6 Å². The fraction of sp³-hybridized carbons (Fsp3) is 0.514. The van der Waals surface area contributed by atoms with E-state index in [0.29, 0.717) is 46.5 Å². The van der Waals surface area contributed by atoms with Crippen LogP contribution in [0.5, 0.6) is 11.5 Å². The number of aldehydes is 1. The highest BCUT2D eigenvalue weighted by Gasteiger charge is 2.63. The van der Waals surface area contributed by atoms with Gasteiger partial charge in [0.05, 0.1) is 29.1 Å². The molecule has 2 aliphatic heterocycles. The summed E-state index contributed by atoms with van der Waals surface area (Å²) in [6, 6.07) is 3.30. The molecule has 2 N–H and O–H groups in total. The summed E-state index contributed by atoms with van der Waals surface area (Å²) in [6.07, 6.45) is 1.68. The normalized spacial score (nSPS) is 26.5. The Morgan fingerprint density at radius 3 is 2.59 bits per heavy atom. The van der Waals surface area contributed by atoms with Crippen molar-refractivity contribution in [2.75, 3.05) is 13.2 Å². The highest BCUT2D eigenvalue weighted by Crippen LogP contribution is 2.46. The molecule has 17 heteroatoms. The van der Waals surface area contributed by atoms with Crippen molar-refractivity contribution in [3.8, 4) is 22.2 Å². The molecule has 2 saturated carbocycles. The molecule has 6 atom stereocenters. The Morgan fingerprint density at radius 2 is 1.96 bits per heavy atom. The Labute approximate surface area is 322 Å². The van der Waals surface area contributed by atoms with Gasteiger partial charge in [-0.05, 0) is 43.2 Å². The van der Waals surface area contributed by atoms with Crippen molar-refractivity contribution in [2.45, 2.75) is 94.4 Å². The third-order valence-corrected chi connectivity index (χ3v) is 13.5. The van der Waals surface area contributed by atoms with Crippen LogP contribution in [0.3, 0.4) is 0 Å². The zero-order chi connectivity index (χ0) is 38.7. The van der Waals surface area contributed by atoms with Crippen LogP contribution in [-0.4, -0.2) is 95.6 Å². The Hall–Kier alpha value is -4.12. The molecular weight excluding hydrogens is 758 g/mol. The molecule has 1 aromatic carbocycles. The number of hydrogen-bond acceptors (Lipinski definition) is 12. The van der Waals surface area contributed by atoms with Gasteiger partial charge in [-0.25, -0.2) is 18.4 Å². The minimum absolute atomic E-state index is 0.0371. The Morgan fingerprint density at radius 1 is 1.20 bits per heavy atom. The van der Waals surface area contributed by atoms with Crippen molar-refractivity contribution in [3.63, 3.8) is 0 Å². The van der Waals surface area contributed by atoms with Crippen molar-refractivity contribution < 1.29 is 41.8 Å². The molecule has 0 bridgehead atoms. The van der Waals surface area contributed by atoms with Gasteiger partial charge in [0.15, 0.2) is 6.29 Å². The van der Waals surface area contributed by atoms with E-state index in [9.17, 15) is 27.6 Å². The van der Waals surface area contributed by atoms with Crippen LogP contribution < -0.4 is 19.5 Å². The van der Waals surface area contributed by atoms with Gasteiger partial charge in [-0.2, -0.15) is 0 Å². The second kappa shape index (κ2) is 14.5. The van der Waals surface area contributed by atoms with Crippen LogP contribution in [0.15, 0.2) is 36.2 Å². The summed E-state index contributed by atoms with van der Waals surface area (Å²) in [5.41, 5.74) is 0.174. The number of sulfonamides is 1. The van der Waals surface area contributed by atoms with Crippen molar-refractivity contribution in [1.82, 2.24) is 24.9 Å². The number of aromatic nitrogens is 2. The molecule has 54 heavy (non-hydrogen) atoms. The van der Waals surface area contributed by atoms with Gasteiger partial charge >= 0.3 is 0 Å². The fourth-order valence-corrected chi connectivity index (χ4v) is 9.73. The lowest BCUT2D eigenvalue weighted by molar-refractivity contribution is -0.167. The standard InChI is InChI=1S/C37H42ClN5O9S2/c1-6-20-15-37(20,36(47)42-54(48,49)21-7-8-21)41-33(45)25-14-29(26-16-51-32(19(4)5)35(46)43(25)26)52-28-13-23(34-40-24(17-53-34)18(2)3)39-31-22(28)9-10-27(30(31)38)50-12-11-44/h6,9-11,13,17-21,25-26,29,32H,1,7-8,12,14-16H2,2-5H3,(H,41,45)(H,42,47)/t20-,25+,26-,29-,32?,37-/m1/s1. The average Bonchev–Trinajstić information content (AvgIpc) is 4.02. The van der Waals surface area contributed by atoms with Crippen LogP contribution in [0.1, 0.15) is 65.0 Å². The Balaban J connectivity index is 1.24. The minimum atomic E-state index is -3.89. The number of morpholine rings is 1. The number of hydrogen-bond donors (Lipinski definition) is 2. The number of ether oxygens (including phenoxy) is 3. The van der Waals surface area contributed by atoms with E-state index < -0.39 is 62.8 Å². The lowest BCUT2D eigenvalue weighted by atomic mass is 10.0. The number of thiazole rings is 1. The number of fused-ring (bicyclic) bond motifs is 2. The molecule has 3 amide bonds. The summed E-state index contributed by atoms with van der Waals surface area (Å²) >= 11 is 8.23. The summed E-state index contributed by atoms with van der Waals surface area (Å²) < 4.78 is 46.0. The zero-order valence-electron chi connectivity index (χ0n) is 30.2. The monoisotopic (exact) mass is 799 g/mol. The number of nitrogens with zero attached hydrogens (tertiary/aromatic N) is 3. The van der Waals surface area contributed by atoms with Crippen molar-refractivity contribution in [2.24, 2.45) is 11.8 Å². The van der Waals surface area contributed by atoms with Gasteiger partial charge in [-0.3, -0.25) is 23.9 Å². The van der Waals surface area contributed by atoms with Gasteiger partial charge in [0, 0.05) is 29.2 Å². The Kier molecular flexibility index (Phi) is 10.3. The van der Waals surface area contributed by atoms with E-state index in [4.69, 9.17) is 35.8 Å². The quantitative estimate of drug-likeness (QED) is 0.177. The molecule has 4 fully saturated rings. The fourth-order valence-electron chi connectivity index (χ4n) is 7.17. The number of halogens is 1. The van der Waals surface area contributed by atoms with E-state index in [1.807, 2.05) is 33.1 Å². The predicted molar refractivity (Wildman–Crippen MR) is 201 cm³/mol. The first-order chi connectivity index (χ1) is 25.7. The molecule has 0 spiro atoms. The molecule has 1 unspecified atom stereocenters. The number of carbonyl (C=O) groups is 4. The second-order valence-electron chi connectivity index (χ2n) is 14.9. The largest absolute Gasteiger partial charge is 0.487 e. The van der Waals surface area contributed by atoms with Gasteiger partial charge in [0.2, 0.25) is 15.9 Å². The first-order valence-electron chi connectivity index (χ1n) is 18.0. The molecule has 4 aliphatic rings. The summed E-state index contributed by atoms with van der Waals surface area (Å²) in [5.74, 6) is -1.73. The van der Waals surface area contributed by atoms with Crippen molar-refractivity contribution in [1.29, 1.82) is 0 Å². The highest BCUT2D eigenvalue weighted by molar-refractivity contribution is 7.91. The number of nitrogens with one attached hydrogen (secondary N) is 2. The molecule has 2 aromatic heterocycles. The lowest BCUT2D eigenvalue weighted by Gasteiger charge is -2.40. The van der Waals surface area contributed by atoms with Crippen molar-refractivity contribution in [3.05, 3.63) is 47.0 Å². The highest BCUT2D eigenvalue weighted by atomic mass is 35.5. The maximum absolute atomic E-state index is 14.3.